The highest BCUT2D eigenvalue weighted by Crippen LogP contribution is 2.28. The van der Waals surface area contributed by atoms with Crippen molar-refractivity contribution in [2.24, 2.45) is 0 Å². The maximum atomic E-state index is 13.0. The van der Waals surface area contributed by atoms with Crippen LogP contribution in [0.15, 0.2) is 93.3 Å². The third kappa shape index (κ3) is 4.20. The molecule has 7 heteroatoms. The number of hydrogen-bond acceptors (Lipinski definition) is 6. The van der Waals surface area contributed by atoms with Gasteiger partial charge in [-0.25, -0.2) is 4.68 Å². The van der Waals surface area contributed by atoms with Crippen molar-refractivity contribution in [2.45, 2.75) is 24.4 Å². The van der Waals surface area contributed by atoms with Gasteiger partial charge in [0.2, 0.25) is 0 Å². The van der Waals surface area contributed by atoms with Crippen molar-refractivity contribution in [3.63, 3.8) is 0 Å². The molecule has 0 N–H and O–H groups in total. The minimum Gasteiger partial charge on any atom is -0.409 e. The summed E-state index contributed by atoms with van der Waals surface area (Å²) in [6.07, 6.45) is 0. The van der Waals surface area contributed by atoms with Gasteiger partial charge >= 0.3 is 0 Å². The standard InChI is InChI=1S/C25H20N4O2S/c1-17-11-13-19(14-12-17)16-32-25-27-26-23(31-25)22-20-9-5-6-10-21(20)24(30)29(28-22)15-18-7-3-2-4-8-18/h2-14H,15-16H2,1H3. The highest BCUT2D eigenvalue weighted by atomic mass is 32.2. The van der Waals surface area contributed by atoms with E-state index in [1.807, 2.05) is 48.5 Å². The summed E-state index contributed by atoms with van der Waals surface area (Å²) in [5.74, 6) is 1.03. The van der Waals surface area contributed by atoms with Gasteiger partial charge in [-0.1, -0.05) is 90.1 Å². The first-order valence-electron chi connectivity index (χ1n) is 10.2. The van der Waals surface area contributed by atoms with E-state index in [1.165, 1.54) is 27.6 Å². The van der Waals surface area contributed by atoms with E-state index in [4.69, 9.17) is 4.42 Å². The van der Waals surface area contributed by atoms with Crippen LogP contribution >= 0.6 is 11.8 Å². The first kappa shape index (κ1) is 20.2. The second-order valence-electron chi connectivity index (χ2n) is 7.49. The van der Waals surface area contributed by atoms with Gasteiger partial charge in [-0.2, -0.15) is 5.10 Å². The summed E-state index contributed by atoms with van der Waals surface area (Å²) >= 11 is 1.47. The van der Waals surface area contributed by atoms with Gasteiger partial charge in [0.25, 0.3) is 16.7 Å². The second kappa shape index (κ2) is 8.80. The number of fused-ring (bicyclic) bond motifs is 1. The summed E-state index contributed by atoms with van der Waals surface area (Å²) < 4.78 is 7.39. The lowest BCUT2D eigenvalue weighted by molar-refractivity contribution is 0.462. The van der Waals surface area contributed by atoms with Gasteiger partial charge in [0, 0.05) is 11.1 Å². The molecule has 2 heterocycles. The molecule has 5 aromatic rings. The maximum absolute atomic E-state index is 13.0. The van der Waals surface area contributed by atoms with E-state index in [0.717, 1.165) is 11.3 Å². The van der Waals surface area contributed by atoms with Gasteiger partial charge in [-0.3, -0.25) is 4.79 Å². The normalized spacial score (nSPS) is 11.2. The molecule has 0 bridgehead atoms. The van der Waals surface area contributed by atoms with Crippen LogP contribution in [0.5, 0.6) is 0 Å². The SMILES string of the molecule is Cc1ccc(CSc2nnc(-c3nn(Cc4ccccc4)c(=O)c4ccccc34)o2)cc1. The minimum atomic E-state index is -0.151. The molecular formula is C25H20N4O2S. The van der Waals surface area contributed by atoms with Crippen LogP contribution in [0.2, 0.25) is 0 Å². The third-order valence-corrected chi connectivity index (χ3v) is 6.02. The molecule has 0 radical (unpaired) electrons. The van der Waals surface area contributed by atoms with Crippen LogP contribution in [-0.2, 0) is 12.3 Å². The largest absolute Gasteiger partial charge is 0.409 e. The minimum absolute atomic E-state index is 0.151. The van der Waals surface area contributed by atoms with Crippen molar-refractivity contribution in [2.75, 3.05) is 0 Å². The molecule has 0 aliphatic rings. The highest BCUT2D eigenvalue weighted by Gasteiger charge is 2.18. The fraction of sp³-hybridized carbons (Fsp3) is 0.120. The van der Waals surface area contributed by atoms with Crippen molar-refractivity contribution >= 4 is 22.5 Å². The number of hydrogen-bond donors (Lipinski definition) is 0. The molecule has 0 amide bonds. The Morgan fingerprint density at radius 2 is 1.56 bits per heavy atom. The zero-order chi connectivity index (χ0) is 21.9. The molecule has 158 valence electrons. The van der Waals surface area contributed by atoms with Gasteiger partial charge in [0.05, 0.1) is 11.9 Å². The van der Waals surface area contributed by atoms with Crippen LogP contribution in [0.4, 0.5) is 0 Å². The van der Waals surface area contributed by atoms with Crippen molar-refractivity contribution in [1.29, 1.82) is 0 Å². The summed E-state index contributed by atoms with van der Waals surface area (Å²) in [6.45, 7) is 2.43. The van der Waals surface area contributed by atoms with Crippen LogP contribution < -0.4 is 5.56 Å². The molecule has 0 saturated carbocycles. The van der Waals surface area contributed by atoms with Crippen molar-refractivity contribution in [3.8, 4) is 11.6 Å². The van der Waals surface area contributed by atoms with E-state index in [0.29, 0.717) is 34.1 Å². The Bertz CT molecular complexity index is 1430. The number of nitrogens with zero attached hydrogens (tertiary/aromatic N) is 4. The van der Waals surface area contributed by atoms with Crippen molar-refractivity contribution in [1.82, 2.24) is 20.0 Å². The van der Waals surface area contributed by atoms with Gasteiger partial charge in [-0.15, -0.1) is 10.2 Å². The second-order valence-corrected chi connectivity index (χ2v) is 8.42. The van der Waals surface area contributed by atoms with E-state index in [-0.39, 0.29) is 5.56 Å². The fourth-order valence-corrected chi connectivity index (χ4v) is 4.17. The first-order valence-corrected chi connectivity index (χ1v) is 11.2. The lowest BCUT2D eigenvalue weighted by Gasteiger charge is -2.09. The maximum Gasteiger partial charge on any atom is 0.277 e. The Labute approximate surface area is 188 Å². The Morgan fingerprint density at radius 1 is 0.844 bits per heavy atom. The molecule has 3 aromatic carbocycles. The molecule has 0 spiro atoms. The van der Waals surface area contributed by atoms with Gasteiger partial charge in [-0.05, 0) is 24.1 Å². The molecule has 0 saturated heterocycles. The molecular weight excluding hydrogens is 420 g/mol. The molecule has 0 atom stereocenters. The quantitative estimate of drug-likeness (QED) is 0.342. The summed E-state index contributed by atoms with van der Waals surface area (Å²) in [5, 5.41) is 14.7. The van der Waals surface area contributed by atoms with E-state index >= 15 is 0 Å². The summed E-state index contributed by atoms with van der Waals surface area (Å²) in [4.78, 5) is 13.0. The fourth-order valence-electron chi connectivity index (χ4n) is 3.45. The average Bonchev–Trinajstić information content (AvgIpc) is 3.30. The molecule has 5 rings (SSSR count). The number of thioether (sulfide) groups is 1. The lowest BCUT2D eigenvalue weighted by atomic mass is 10.1. The van der Waals surface area contributed by atoms with Crippen LogP contribution in [0.3, 0.4) is 0 Å². The van der Waals surface area contributed by atoms with Gasteiger partial charge < -0.3 is 4.42 Å². The Balaban J connectivity index is 1.49. The topological polar surface area (TPSA) is 73.8 Å². The number of aryl methyl sites for hydroxylation is 1. The van der Waals surface area contributed by atoms with Crippen LogP contribution in [0, 0.1) is 6.92 Å². The Morgan fingerprint density at radius 3 is 2.34 bits per heavy atom. The monoisotopic (exact) mass is 440 g/mol. The zero-order valence-corrected chi connectivity index (χ0v) is 18.2. The molecule has 0 fully saturated rings. The summed E-state index contributed by atoms with van der Waals surface area (Å²) in [5.41, 5.74) is 3.75. The predicted octanol–water partition coefficient (Wildman–Crippen LogP) is 5.10. The zero-order valence-electron chi connectivity index (χ0n) is 17.4. The highest BCUT2D eigenvalue weighted by molar-refractivity contribution is 7.98. The summed E-state index contributed by atoms with van der Waals surface area (Å²) in [6, 6.07) is 25.5. The number of aromatic nitrogens is 4. The van der Waals surface area contributed by atoms with E-state index in [2.05, 4.69) is 46.5 Å². The van der Waals surface area contributed by atoms with Crippen molar-refractivity contribution in [3.05, 3.63) is 106 Å². The molecule has 32 heavy (non-hydrogen) atoms. The Kier molecular flexibility index (Phi) is 5.56. The number of rotatable bonds is 6. The molecule has 2 aromatic heterocycles. The van der Waals surface area contributed by atoms with E-state index in [1.54, 1.807) is 6.07 Å². The summed E-state index contributed by atoms with van der Waals surface area (Å²) in [7, 11) is 0. The first-order chi connectivity index (χ1) is 15.7. The van der Waals surface area contributed by atoms with Crippen molar-refractivity contribution < 1.29 is 4.42 Å². The smallest absolute Gasteiger partial charge is 0.277 e. The third-order valence-electron chi connectivity index (χ3n) is 5.13. The van der Waals surface area contributed by atoms with Crippen LogP contribution in [-0.4, -0.2) is 20.0 Å². The van der Waals surface area contributed by atoms with Gasteiger partial charge in [0.15, 0.2) is 5.69 Å². The predicted molar refractivity (Wildman–Crippen MR) is 126 cm³/mol. The number of benzene rings is 3. The lowest BCUT2D eigenvalue weighted by Crippen LogP contribution is -2.24. The Hall–Kier alpha value is -3.71. The van der Waals surface area contributed by atoms with Crippen LogP contribution in [0.1, 0.15) is 16.7 Å². The molecule has 6 nitrogen and oxygen atoms in total. The van der Waals surface area contributed by atoms with E-state index in [9.17, 15) is 4.79 Å². The van der Waals surface area contributed by atoms with Gasteiger partial charge in [0.1, 0.15) is 0 Å². The average molecular weight is 441 g/mol. The molecule has 0 aliphatic carbocycles. The van der Waals surface area contributed by atoms with Crippen LogP contribution in [0.25, 0.3) is 22.4 Å². The molecule has 0 aliphatic heterocycles. The molecule has 0 unspecified atom stereocenters. The van der Waals surface area contributed by atoms with E-state index < -0.39 is 0 Å².